The third-order valence-electron chi connectivity index (χ3n) is 5.56. The molecule has 0 aliphatic rings. The van der Waals surface area contributed by atoms with Crippen LogP contribution in [0.15, 0.2) is 103 Å². The van der Waals surface area contributed by atoms with Crippen LogP contribution >= 0.6 is 0 Å². The predicted molar refractivity (Wildman–Crippen MR) is 132 cm³/mol. The molecule has 0 saturated carbocycles. The van der Waals surface area contributed by atoms with Gasteiger partial charge in [0, 0.05) is 18.3 Å². The number of benzene rings is 3. The maximum Gasteiger partial charge on any atom is 0.270 e. The average molecular weight is 449 g/mol. The highest BCUT2D eigenvalue weighted by Gasteiger charge is 2.13. The molecule has 1 amide bonds. The van der Waals surface area contributed by atoms with Crippen molar-refractivity contribution in [3.63, 3.8) is 0 Å². The maximum atomic E-state index is 12.7. The third-order valence-corrected chi connectivity index (χ3v) is 5.56. The topological polar surface area (TPSA) is 68.5 Å². The summed E-state index contributed by atoms with van der Waals surface area (Å²) in [7, 11) is 0. The van der Waals surface area contributed by atoms with Gasteiger partial charge in [-0.05, 0) is 41.3 Å². The Bertz CT molecular complexity index is 1380. The number of carbonyl (C=O) groups is 1. The van der Waals surface area contributed by atoms with Crippen molar-refractivity contribution in [2.24, 2.45) is 0 Å². The summed E-state index contributed by atoms with van der Waals surface area (Å²) in [6.07, 6.45) is 4.29. The zero-order valence-electron chi connectivity index (χ0n) is 18.6. The fourth-order valence-corrected chi connectivity index (χ4v) is 3.73. The van der Waals surface area contributed by atoms with Crippen molar-refractivity contribution in [1.82, 2.24) is 19.9 Å². The summed E-state index contributed by atoms with van der Waals surface area (Å²) < 4.78 is 7.56. The lowest BCUT2D eigenvalue weighted by Gasteiger charge is -2.08. The van der Waals surface area contributed by atoms with E-state index in [0.29, 0.717) is 24.5 Å². The second-order valence-corrected chi connectivity index (χ2v) is 7.93. The first kappa shape index (κ1) is 21.4. The van der Waals surface area contributed by atoms with Gasteiger partial charge in [0.15, 0.2) is 5.65 Å². The molecule has 2 heterocycles. The lowest BCUT2D eigenvalue weighted by Crippen LogP contribution is -2.26. The SMILES string of the molecule is O=C(NCCc1ccccc1)c1ccn2ncc(-c3ccc(OCc4ccccc4)cc3)c2n1. The van der Waals surface area contributed by atoms with Crippen molar-refractivity contribution < 1.29 is 9.53 Å². The average Bonchev–Trinajstić information content (AvgIpc) is 3.32. The van der Waals surface area contributed by atoms with Crippen LogP contribution in [0.2, 0.25) is 0 Å². The molecule has 5 rings (SSSR count). The van der Waals surface area contributed by atoms with E-state index in [9.17, 15) is 4.79 Å². The minimum Gasteiger partial charge on any atom is -0.489 e. The molecular weight excluding hydrogens is 424 g/mol. The van der Waals surface area contributed by atoms with Crippen LogP contribution in [0.4, 0.5) is 0 Å². The molecule has 0 spiro atoms. The number of hydrogen-bond acceptors (Lipinski definition) is 4. The molecule has 6 heteroatoms. The number of nitrogens with one attached hydrogen (secondary N) is 1. The van der Waals surface area contributed by atoms with Crippen LogP contribution in [-0.4, -0.2) is 27.0 Å². The minimum absolute atomic E-state index is 0.199. The van der Waals surface area contributed by atoms with Gasteiger partial charge in [-0.15, -0.1) is 0 Å². The van der Waals surface area contributed by atoms with Gasteiger partial charge in [-0.2, -0.15) is 5.10 Å². The molecule has 0 saturated heterocycles. The maximum absolute atomic E-state index is 12.7. The van der Waals surface area contributed by atoms with Crippen LogP contribution in [0.3, 0.4) is 0 Å². The first-order valence-electron chi connectivity index (χ1n) is 11.2. The molecule has 0 fully saturated rings. The van der Waals surface area contributed by atoms with E-state index in [1.54, 1.807) is 23.0 Å². The molecule has 0 unspecified atom stereocenters. The van der Waals surface area contributed by atoms with E-state index in [2.05, 4.69) is 15.4 Å². The molecule has 168 valence electrons. The molecule has 0 aliphatic heterocycles. The second-order valence-electron chi connectivity index (χ2n) is 7.93. The van der Waals surface area contributed by atoms with Gasteiger partial charge in [-0.25, -0.2) is 9.50 Å². The highest BCUT2D eigenvalue weighted by atomic mass is 16.5. The fraction of sp³-hybridized carbons (Fsp3) is 0.107. The van der Waals surface area contributed by atoms with Gasteiger partial charge < -0.3 is 10.1 Å². The van der Waals surface area contributed by atoms with Gasteiger partial charge in [0.1, 0.15) is 18.1 Å². The van der Waals surface area contributed by atoms with Crippen molar-refractivity contribution in [1.29, 1.82) is 0 Å². The Morgan fingerprint density at radius 1 is 0.853 bits per heavy atom. The van der Waals surface area contributed by atoms with Gasteiger partial charge >= 0.3 is 0 Å². The summed E-state index contributed by atoms with van der Waals surface area (Å²) in [6, 6.07) is 29.6. The molecule has 2 aromatic heterocycles. The molecular formula is C28H24N4O2. The molecule has 0 bridgehead atoms. The number of amides is 1. The standard InChI is InChI=1S/C28H24N4O2/c33-28(29-17-15-21-7-3-1-4-8-21)26-16-18-32-27(31-26)25(19-30-32)23-11-13-24(14-12-23)34-20-22-9-5-2-6-10-22/h1-14,16,18-19H,15,17,20H2,(H,29,33). The lowest BCUT2D eigenvalue weighted by atomic mass is 10.1. The summed E-state index contributed by atoms with van der Waals surface area (Å²) in [5, 5.41) is 7.34. The Hall–Kier alpha value is -4.45. The summed E-state index contributed by atoms with van der Waals surface area (Å²) in [6.45, 7) is 1.06. The summed E-state index contributed by atoms with van der Waals surface area (Å²) in [5.74, 6) is 0.589. The Balaban J connectivity index is 1.27. The van der Waals surface area contributed by atoms with Crippen LogP contribution < -0.4 is 10.1 Å². The van der Waals surface area contributed by atoms with Crippen molar-refractivity contribution >= 4 is 11.6 Å². The number of rotatable bonds is 8. The lowest BCUT2D eigenvalue weighted by molar-refractivity contribution is 0.0949. The molecule has 6 nitrogen and oxygen atoms in total. The summed E-state index contributed by atoms with van der Waals surface area (Å²) in [4.78, 5) is 17.3. The fourth-order valence-electron chi connectivity index (χ4n) is 3.73. The van der Waals surface area contributed by atoms with Crippen molar-refractivity contribution in [3.8, 4) is 16.9 Å². The molecule has 1 N–H and O–H groups in total. The number of ether oxygens (including phenoxy) is 1. The normalized spacial score (nSPS) is 10.8. The number of nitrogens with zero attached hydrogens (tertiary/aromatic N) is 3. The molecule has 5 aromatic rings. The van der Waals surface area contributed by atoms with E-state index in [-0.39, 0.29) is 5.91 Å². The van der Waals surface area contributed by atoms with Crippen molar-refractivity contribution in [2.45, 2.75) is 13.0 Å². The highest BCUT2D eigenvalue weighted by Crippen LogP contribution is 2.26. The Kier molecular flexibility index (Phi) is 6.29. The number of carbonyl (C=O) groups excluding carboxylic acids is 1. The van der Waals surface area contributed by atoms with Gasteiger partial charge in [0.2, 0.25) is 0 Å². The minimum atomic E-state index is -0.199. The quantitative estimate of drug-likeness (QED) is 0.365. The van der Waals surface area contributed by atoms with Crippen LogP contribution in [0.5, 0.6) is 5.75 Å². The van der Waals surface area contributed by atoms with Gasteiger partial charge in [-0.3, -0.25) is 4.79 Å². The first-order valence-corrected chi connectivity index (χ1v) is 11.2. The largest absolute Gasteiger partial charge is 0.489 e. The third kappa shape index (κ3) is 4.96. The number of fused-ring (bicyclic) bond motifs is 1. The summed E-state index contributed by atoms with van der Waals surface area (Å²) in [5.41, 5.74) is 5.11. The van der Waals surface area contributed by atoms with E-state index in [0.717, 1.165) is 28.9 Å². The molecule has 0 radical (unpaired) electrons. The molecule has 0 atom stereocenters. The van der Waals surface area contributed by atoms with Gasteiger partial charge in [-0.1, -0.05) is 72.8 Å². The Labute approximate surface area is 197 Å². The van der Waals surface area contributed by atoms with E-state index in [1.165, 1.54) is 5.56 Å². The smallest absolute Gasteiger partial charge is 0.270 e. The van der Waals surface area contributed by atoms with Crippen LogP contribution in [0, 0.1) is 0 Å². The van der Waals surface area contributed by atoms with Crippen molar-refractivity contribution in [3.05, 3.63) is 120 Å². The van der Waals surface area contributed by atoms with Crippen molar-refractivity contribution in [2.75, 3.05) is 6.54 Å². The van der Waals surface area contributed by atoms with Gasteiger partial charge in [0.05, 0.1) is 6.20 Å². The zero-order chi connectivity index (χ0) is 23.2. The first-order chi connectivity index (χ1) is 16.8. The van der Waals surface area contributed by atoms with E-state index < -0.39 is 0 Å². The molecule has 34 heavy (non-hydrogen) atoms. The molecule has 3 aromatic carbocycles. The van der Waals surface area contributed by atoms with Crippen LogP contribution in [-0.2, 0) is 13.0 Å². The monoisotopic (exact) mass is 448 g/mol. The van der Waals surface area contributed by atoms with E-state index >= 15 is 0 Å². The summed E-state index contributed by atoms with van der Waals surface area (Å²) >= 11 is 0. The highest BCUT2D eigenvalue weighted by molar-refractivity contribution is 5.93. The number of hydrogen-bond donors (Lipinski definition) is 1. The zero-order valence-corrected chi connectivity index (χ0v) is 18.6. The second kappa shape index (κ2) is 10.0. The Morgan fingerprint density at radius 2 is 1.56 bits per heavy atom. The molecule has 0 aliphatic carbocycles. The van der Waals surface area contributed by atoms with E-state index in [1.807, 2.05) is 84.9 Å². The van der Waals surface area contributed by atoms with Gasteiger partial charge in [0.25, 0.3) is 5.91 Å². The van der Waals surface area contributed by atoms with E-state index in [4.69, 9.17) is 4.74 Å². The number of aromatic nitrogens is 3. The Morgan fingerprint density at radius 3 is 2.29 bits per heavy atom. The van der Waals surface area contributed by atoms with Crippen LogP contribution in [0.25, 0.3) is 16.8 Å². The predicted octanol–water partition coefficient (Wildman–Crippen LogP) is 4.95. The van der Waals surface area contributed by atoms with Crippen LogP contribution in [0.1, 0.15) is 21.6 Å².